The summed E-state index contributed by atoms with van der Waals surface area (Å²) in [4.78, 5) is 14.3. The van der Waals surface area contributed by atoms with Crippen LogP contribution in [0.1, 0.15) is 30.1 Å². The monoisotopic (exact) mass is 328 g/mol. The number of halogens is 2. The Bertz CT molecular complexity index is 494. The minimum Gasteiger partial charge on any atom is -0.332 e. The van der Waals surface area contributed by atoms with Crippen molar-refractivity contribution in [2.45, 2.75) is 25.3 Å². The van der Waals surface area contributed by atoms with E-state index >= 15 is 0 Å². The molecule has 5 heteroatoms. The van der Waals surface area contributed by atoms with Crippen LogP contribution in [-0.4, -0.2) is 36.5 Å². The topological polar surface area (TPSA) is 32.3 Å². The first-order valence-electron chi connectivity index (χ1n) is 6.39. The highest BCUT2D eigenvalue weighted by Gasteiger charge is 2.39. The summed E-state index contributed by atoms with van der Waals surface area (Å²) in [6, 6.07) is 4.47. The summed E-state index contributed by atoms with van der Waals surface area (Å²) in [5.41, 5.74) is -0.0979. The molecule has 0 bridgehead atoms. The van der Waals surface area contributed by atoms with E-state index in [2.05, 4.69) is 21.2 Å². The molecule has 1 saturated heterocycles. The molecule has 1 aromatic rings. The number of carbonyl (C=O) groups is 1. The molecular formula is C14H18BrFN2O. The van der Waals surface area contributed by atoms with Crippen LogP contribution < -0.4 is 5.32 Å². The van der Waals surface area contributed by atoms with Gasteiger partial charge < -0.3 is 10.2 Å². The van der Waals surface area contributed by atoms with Gasteiger partial charge in [0.15, 0.2) is 0 Å². The summed E-state index contributed by atoms with van der Waals surface area (Å²) in [5.74, 6) is -0.694. The molecule has 1 aliphatic heterocycles. The van der Waals surface area contributed by atoms with E-state index in [9.17, 15) is 9.18 Å². The molecule has 1 aliphatic rings. The quantitative estimate of drug-likeness (QED) is 0.925. The Morgan fingerprint density at radius 2 is 2.32 bits per heavy atom. The predicted octanol–water partition coefficient (Wildman–Crippen LogP) is 2.80. The highest BCUT2D eigenvalue weighted by atomic mass is 79.9. The van der Waals surface area contributed by atoms with Gasteiger partial charge in [-0.2, -0.15) is 0 Å². The molecule has 0 radical (unpaired) electrons. The lowest BCUT2D eigenvalue weighted by molar-refractivity contribution is 0.0621. The van der Waals surface area contributed by atoms with Crippen molar-refractivity contribution < 1.29 is 9.18 Å². The van der Waals surface area contributed by atoms with Crippen molar-refractivity contribution in [3.8, 4) is 0 Å². The summed E-state index contributed by atoms with van der Waals surface area (Å²) in [7, 11) is 1.87. The third-order valence-electron chi connectivity index (χ3n) is 3.71. The maximum absolute atomic E-state index is 13.8. The predicted molar refractivity (Wildman–Crippen MR) is 76.7 cm³/mol. The molecular weight excluding hydrogens is 311 g/mol. The number of hydrogen-bond acceptors (Lipinski definition) is 2. The molecule has 0 aliphatic carbocycles. The van der Waals surface area contributed by atoms with Gasteiger partial charge in [-0.3, -0.25) is 4.79 Å². The number of nitrogens with one attached hydrogen (secondary N) is 1. The standard InChI is InChI=1S/C14H18BrFN2O/c1-14(9-17-2)6-3-7-18(14)13(19)11-8-10(15)4-5-12(11)16/h4-5,8,17H,3,6-7,9H2,1-2H3. The van der Waals surface area contributed by atoms with Gasteiger partial charge in [-0.15, -0.1) is 0 Å². The molecule has 104 valence electrons. The lowest BCUT2D eigenvalue weighted by Gasteiger charge is -2.35. The fourth-order valence-corrected chi connectivity index (χ4v) is 3.10. The van der Waals surface area contributed by atoms with Crippen molar-refractivity contribution in [1.29, 1.82) is 0 Å². The average molecular weight is 329 g/mol. The molecule has 0 spiro atoms. The Balaban J connectivity index is 2.30. The number of nitrogens with zero attached hydrogens (tertiary/aromatic N) is 1. The van der Waals surface area contributed by atoms with E-state index in [1.54, 1.807) is 17.0 Å². The number of carbonyl (C=O) groups excluding carboxylic acids is 1. The van der Waals surface area contributed by atoms with Gasteiger partial charge in [-0.1, -0.05) is 15.9 Å². The Morgan fingerprint density at radius 3 is 3.00 bits per heavy atom. The normalized spacial score (nSPS) is 22.8. The lowest BCUT2D eigenvalue weighted by atomic mass is 9.98. The van der Waals surface area contributed by atoms with Crippen molar-refractivity contribution in [3.63, 3.8) is 0 Å². The number of likely N-dealkylation sites (N-methyl/N-ethyl adjacent to an activating group) is 1. The van der Waals surface area contributed by atoms with Gasteiger partial charge in [0.1, 0.15) is 5.82 Å². The minimum atomic E-state index is -0.466. The molecule has 1 aromatic carbocycles. The molecule has 1 heterocycles. The van der Waals surface area contributed by atoms with Gasteiger partial charge in [0.2, 0.25) is 0 Å². The van der Waals surface area contributed by atoms with Crippen molar-refractivity contribution in [1.82, 2.24) is 10.2 Å². The van der Waals surface area contributed by atoms with Gasteiger partial charge >= 0.3 is 0 Å². The Kier molecular flexibility index (Phi) is 4.26. The van der Waals surface area contributed by atoms with Crippen LogP contribution in [-0.2, 0) is 0 Å². The first-order valence-corrected chi connectivity index (χ1v) is 7.19. The molecule has 1 fully saturated rings. The van der Waals surface area contributed by atoms with Crippen LogP contribution in [0, 0.1) is 5.82 Å². The van der Waals surface area contributed by atoms with Crippen LogP contribution in [0.25, 0.3) is 0 Å². The van der Waals surface area contributed by atoms with Gasteiger partial charge in [0.25, 0.3) is 5.91 Å². The van der Waals surface area contributed by atoms with E-state index in [-0.39, 0.29) is 17.0 Å². The van der Waals surface area contributed by atoms with E-state index in [1.807, 2.05) is 14.0 Å². The highest BCUT2D eigenvalue weighted by molar-refractivity contribution is 9.10. The van der Waals surface area contributed by atoms with E-state index in [4.69, 9.17) is 0 Å². The lowest BCUT2D eigenvalue weighted by Crippen LogP contribution is -2.50. The van der Waals surface area contributed by atoms with Crippen LogP contribution in [0.5, 0.6) is 0 Å². The zero-order valence-electron chi connectivity index (χ0n) is 11.2. The summed E-state index contributed by atoms with van der Waals surface area (Å²) in [6.45, 7) is 3.45. The first kappa shape index (κ1) is 14.5. The highest BCUT2D eigenvalue weighted by Crippen LogP contribution is 2.31. The van der Waals surface area contributed by atoms with Gasteiger partial charge in [-0.05, 0) is 45.0 Å². The zero-order valence-corrected chi connectivity index (χ0v) is 12.8. The second-order valence-corrected chi connectivity index (χ2v) is 6.13. The molecule has 1 atom stereocenters. The first-order chi connectivity index (χ1) is 8.98. The molecule has 3 nitrogen and oxygen atoms in total. The molecule has 19 heavy (non-hydrogen) atoms. The summed E-state index contributed by atoms with van der Waals surface area (Å²) < 4.78 is 14.5. The second-order valence-electron chi connectivity index (χ2n) is 5.21. The number of benzene rings is 1. The summed E-state index contributed by atoms with van der Waals surface area (Å²) in [6.07, 6.45) is 1.90. The SMILES string of the molecule is CNCC1(C)CCCN1C(=O)c1cc(Br)ccc1F. The minimum absolute atomic E-state index is 0.138. The Labute approximate surface area is 121 Å². The maximum Gasteiger partial charge on any atom is 0.257 e. The third kappa shape index (κ3) is 2.82. The third-order valence-corrected chi connectivity index (χ3v) is 4.20. The number of hydrogen-bond donors (Lipinski definition) is 1. The van der Waals surface area contributed by atoms with Gasteiger partial charge in [0.05, 0.1) is 11.1 Å². The Hall–Kier alpha value is -0.940. The van der Waals surface area contributed by atoms with Gasteiger partial charge in [0, 0.05) is 17.6 Å². The maximum atomic E-state index is 13.8. The molecule has 0 aromatic heterocycles. The van der Waals surface area contributed by atoms with Crippen molar-refractivity contribution in [2.24, 2.45) is 0 Å². The molecule has 2 rings (SSSR count). The Morgan fingerprint density at radius 1 is 1.58 bits per heavy atom. The zero-order chi connectivity index (χ0) is 14.0. The summed E-state index contributed by atoms with van der Waals surface area (Å²) >= 11 is 3.28. The van der Waals surface area contributed by atoms with Crippen molar-refractivity contribution >= 4 is 21.8 Å². The fourth-order valence-electron chi connectivity index (χ4n) is 2.74. The van der Waals surface area contributed by atoms with E-state index in [0.29, 0.717) is 17.6 Å². The van der Waals surface area contributed by atoms with E-state index in [1.165, 1.54) is 6.07 Å². The molecule has 0 saturated carbocycles. The van der Waals surface area contributed by atoms with Crippen LogP contribution in [0.3, 0.4) is 0 Å². The largest absolute Gasteiger partial charge is 0.332 e. The number of likely N-dealkylation sites (tertiary alicyclic amines) is 1. The van der Waals surface area contributed by atoms with Crippen molar-refractivity contribution in [2.75, 3.05) is 20.1 Å². The van der Waals surface area contributed by atoms with Crippen molar-refractivity contribution in [3.05, 3.63) is 34.1 Å². The van der Waals surface area contributed by atoms with Crippen LogP contribution in [0.2, 0.25) is 0 Å². The van der Waals surface area contributed by atoms with Gasteiger partial charge in [-0.25, -0.2) is 4.39 Å². The fraction of sp³-hybridized carbons (Fsp3) is 0.500. The molecule has 1 amide bonds. The smallest absolute Gasteiger partial charge is 0.257 e. The molecule has 1 unspecified atom stereocenters. The molecule has 1 N–H and O–H groups in total. The summed E-state index contributed by atoms with van der Waals surface area (Å²) in [5, 5.41) is 3.12. The van der Waals surface area contributed by atoms with Crippen LogP contribution in [0.15, 0.2) is 22.7 Å². The van der Waals surface area contributed by atoms with Crippen LogP contribution in [0.4, 0.5) is 4.39 Å². The van der Waals surface area contributed by atoms with E-state index < -0.39 is 5.82 Å². The number of amides is 1. The van der Waals surface area contributed by atoms with Crippen LogP contribution >= 0.6 is 15.9 Å². The average Bonchev–Trinajstić information content (AvgIpc) is 2.74. The number of rotatable bonds is 3. The van der Waals surface area contributed by atoms with E-state index in [0.717, 1.165) is 12.8 Å². The second kappa shape index (κ2) is 5.59.